The fourth-order valence-electron chi connectivity index (χ4n) is 4.61. The highest BCUT2D eigenvalue weighted by Crippen LogP contribution is 2.60. The first-order chi connectivity index (χ1) is 9.11. The predicted molar refractivity (Wildman–Crippen MR) is 68.1 cm³/mol. The van der Waals surface area contributed by atoms with E-state index in [1.165, 1.54) is 0 Å². The Morgan fingerprint density at radius 2 is 2.00 bits per heavy atom. The van der Waals surface area contributed by atoms with Gasteiger partial charge in [0.1, 0.15) is 12.2 Å². The van der Waals surface area contributed by atoms with Crippen molar-refractivity contribution in [1.82, 2.24) is 0 Å². The van der Waals surface area contributed by atoms with Gasteiger partial charge in [0, 0.05) is 11.5 Å². The highest BCUT2D eigenvalue weighted by molar-refractivity contribution is 5.87. The molecule has 6 atom stereocenters. The molecule has 3 aliphatic rings. The normalized spacial score (nSPS) is 42.8. The van der Waals surface area contributed by atoms with Gasteiger partial charge >= 0.3 is 5.97 Å². The van der Waals surface area contributed by atoms with Gasteiger partial charge < -0.3 is 9.47 Å². The number of hydrogen-bond acceptors (Lipinski definition) is 4. The number of rotatable bonds is 4. The van der Waals surface area contributed by atoms with Gasteiger partial charge in [0.05, 0.1) is 0 Å². The van der Waals surface area contributed by atoms with Crippen LogP contribution in [0.2, 0.25) is 0 Å². The zero-order chi connectivity index (χ0) is 13.6. The Balaban J connectivity index is 1.67. The average molecular weight is 264 g/mol. The molecule has 4 nitrogen and oxygen atoms in total. The van der Waals surface area contributed by atoms with Crippen molar-refractivity contribution in [2.24, 2.45) is 23.7 Å². The molecule has 0 heterocycles. The molecular weight excluding hydrogens is 244 g/mol. The molecule has 3 fully saturated rings. The summed E-state index contributed by atoms with van der Waals surface area (Å²) >= 11 is 0. The second-order valence-corrected chi connectivity index (χ2v) is 6.21. The molecule has 3 rings (SSSR count). The van der Waals surface area contributed by atoms with Crippen LogP contribution in [-0.2, 0) is 19.1 Å². The van der Waals surface area contributed by atoms with E-state index < -0.39 is 0 Å². The molecule has 0 aromatic carbocycles. The van der Waals surface area contributed by atoms with Crippen LogP contribution in [0.25, 0.3) is 0 Å². The summed E-state index contributed by atoms with van der Waals surface area (Å²) in [6.07, 6.45) is 4.22. The molecule has 0 aromatic rings. The lowest BCUT2D eigenvalue weighted by molar-refractivity contribution is -0.148. The van der Waals surface area contributed by atoms with E-state index >= 15 is 0 Å². The maximum absolute atomic E-state index is 11.7. The molecule has 0 N–H and O–H groups in total. The van der Waals surface area contributed by atoms with E-state index in [2.05, 4.69) is 6.58 Å². The van der Waals surface area contributed by atoms with Crippen LogP contribution in [0.3, 0.4) is 0 Å². The monoisotopic (exact) mass is 264 g/mol. The molecule has 0 saturated heterocycles. The van der Waals surface area contributed by atoms with Gasteiger partial charge in [0.25, 0.3) is 6.47 Å². The van der Waals surface area contributed by atoms with E-state index in [-0.39, 0.29) is 18.2 Å². The lowest BCUT2D eigenvalue weighted by Crippen LogP contribution is -2.35. The molecule has 4 heteroatoms. The lowest BCUT2D eigenvalue weighted by atomic mass is 9.79. The van der Waals surface area contributed by atoms with Gasteiger partial charge in [0.15, 0.2) is 0 Å². The van der Waals surface area contributed by atoms with Crippen LogP contribution in [0.15, 0.2) is 12.2 Å². The third-order valence-corrected chi connectivity index (χ3v) is 5.23. The molecule has 3 saturated carbocycles. The fourth-order valence-corrected chi connectivity index (χ4v) is 4.61. The van der Waals surface area contributed by atoms with Crippen molar-refractivity contribution in [3.63, 3.8) is 0 Å². The quantitative estimate of drug-likeness (QED) is 0.443. The minimum Gasteiger partial charge on any atom is -0.464 e. The summed E-state index contributed by atoms with van der Waals surface area (Å²) in [4.78, 5) is 22.2. The minimum absolute atomic E-state index is 0.0429. The molecule has 104 valence electrons. The van der Waals surface area contributed by atoms with Crippen LogP contribution < -0.4 is 0 Å². The van der Waals surface area contributed by atoms with Gasteiger partial charge in [-0.2, -0.15) is 0 Å². The third kappa shape index (κ3) is 1.97. The van der Waals surface area contributed by atoms with E-state index in [4.69, 9.17) is 9.47 Å². The van der Waals surface area contributed by atoms with Gasteiger partial charge in [-0.25, -0.2) is 4.79 Å². The molecule has 6 unspecified atom stereocenters. The number of ether oxygens (including phenoxy) is 2. The van der Waals surface area contributed by atoms with Crippen LogP contribution >= 0.6 is 0 Å². The number of esters is 1. The Hall–Kier alpha value is -1.32. The van der Waals surface area contributed by atoms with E-state index in [1.54, 1.807) is 6.92 Å². The fraction of sp³-hybridized carbons (Fsp3) is 0.733. The van der Waals surface area contributed by atoms with E-state index in [0.29, 0.717) is 35.7 Å². The number of hydrogen-bond donors (Lipinski definition) is 0. The maximum atomic E-state index is 11.7. The molecule has 2 bridgehead atoms. The van der Waals surface area contributed by atoms with E-state index in [9.17, 15) is 9.59 Å². The van der Waals surface area contributed by atoms with Crippen LogP contribution in [0, 0.1) is 23.7 Å². The standard InChI is InChI=1S/C15H20O4/c1-8(2)15(17)19-12-4-3-10-11-5-9(14(10)12)6-13(11)18-7-16/h7,9-14H,1,3-6H2,2H3. The number of fused-ring (bicyclic) bond motifs is 5. The molecule has 0 amide bonds. The van der Waals surface area contributed by atoms with E-state index in [1.807, 2.05) is 0 Å². The Kier molecular flexibility index (Phi) is 3.11. The average Bonchev–Trinajstić information content (AvgIpc) is 3.01. The highest BCUT2D eigenvalue weighted by atomic mass is 16.5. The van der Waals surface area contributed by atoms with Gasteiger partial charge in [-0.1, -0.05) is 6.58 Å². The van der Waals surface area contributed by atoms with Gasteiger partial charge in [-0.15, -0.1) is 0 Å². The predicted octanol–water partition coefficient (Wildman–Crippen LogP) is 2.08. The summed E-state index contributed by atoms with van der Waals surface area (Å²) in [5.74, 6) is 1.79. The van der Waals surface area contributed by atoms with Crippen LogP contribution in [0.5, 0.6) is 0 Å². The summed E-state index contributed by atoms with van der Waals surface area (Å²) < 4.78 is 10.8. The second kappa shape index (κ2) is 4.66. The van der Waals surface area contributed by atoms with Crippen molar-refractivity contribution in [3.8, 4) is 0 Å². The van der Waals surface area contributed by atoms with Crippen LogP contribution in [-0.4, -0.2) is 24.6 Å². The Morgan fingerprint density at radius 3 is 2.68 bits per heavy atom. The number of carbonyl (C=O) groups excluding carboxylic acids is 2. The summed E-state index contributed by atoms with van der Waals surface area (Å²) in [6, 6.07) is 0. The smallest absolute Gasteiger partial charge is 0.333 e. The summed E-state index contributed by atoms with van der Waals surface area (Å²) in [7, 11) is 0. The van der Waals surface area contributed by atoms with Crippen molar-refractivity contribution in [3.05, 3.63) is 12.2 Å². The summed E-state index contributed by atoms with van der Waals surface area (Å²) in [6.45, 7) is 5.89. The maximum Gasteiger partial charge on any atom is 0.333 e. The minimum atomic E-state index is -0.269. The number of carbonyl (C=O) groups is 2. The molecule has 0 aliphatic heterocycles. The van der Waals surface area contributed by atoms with Crippen molar-refractivity contribution < 1.29 is 19.1 Å². The van der Waals surface area contributed by atoms with Crippen molar-refractivity contribution >= 4 is 12.4 Å². The summed E-state index contributed by atoms with van der Waals surface area (Å²) in [5.41, 5.74) is 0.466. The Morgan fingerprint density at radius 1 is 1.21 bits per heavy atom. The zero-order valence-corrected chi connectivity index (χ0v) is 11.2. The Bertz CT molecular complexity index is 416. The molecule has 19 heavy (non-hydrogen) atoms. The molecule has 0 radical (unpaired) electrons. The molecule has 0 spiro atoms. The topological polar surface area (TPSA) is 52.6 Å². The lowest BCUT2D eigenvalue weighted by Gasteiger charge is -2.32. The third-order valence-electron chi connectivity index (χ3n) is 5.23. The summed E-state index contributed by atoms with van der Waals surface area (Å²) in [5, 5.41) is 0. The molecule has 3 aliphatic carbocycles. The van der Waals surface area contributed by atoms with Crippen LogP contribution in [0.1, 0.15) is 32.6 Å². The molecule has 0 aromatic heterocycles. The van der Waals surface area contributed by atoms with E-state index in [0.717, 1.165) is 25.7 Å². The highest BCUT2D eigenvalue weighted by Gasteiger charge is 2.59. The molecular formula is C15H20O4. The van der Waals surface area contributed by atoms with Crippen molar-refractivity contribution in [2.75, 3.05) is 0 Å². The first kappa shape index (κ1) is 12.7. The largest absolute Gasteiger partial charge is 0.464 e. The SMILES string of the molecule is C=C(C)C(=O)OC1CCC2C3CC(CC3OC=O)C12. The van der Waals surface area contributed by atoms with Gasteiger partial charge in [0.2, 0.25) is 0 Å². The zero-order valence-electron chi connectivity index (χ0n) is 11.2. The first-order valence-electron chi connectivity index (χ1n) is 7.07. The van der Waals surface area contributed by atoms with Crippen molar-refractivity contribution in [1.29, 1.82) is 0 Å². The van der Waals surface area contributed by atoms with Gasteiger partial charge in [-0.05, 0) is 50.4 Å². The van der Waals surface area contributed by atoms with Crippen molar-refractivity contribution in [2.45, 2.75) is 44.8 Å². The first-order valence-corrected chi connectivity index (χ1v) is 7.07. The second-order valence-electron chi connectivity index (χ2n) is 6.21. The Labute approximate surface area is 113 Å². The van der Waals surface area contributed by atoms with Crippen LogP contribution in [0.4, 0.5) is 0 Å². The van der Waals surface area contributed by atoms with Gasteiger partial charge in [-0.3, -0.25) is 4.79 Å².